The van der Waals surface area contributed by atoms with Crippen molar-refractivity contribution in [3.8, 4) is 5.88 Å². The Bertz CT molecular complexity index is 1970. The molecule has 5 heterocycles. The summed E-state index contributed by atoms with van der Waals surface area (Å²) in [4.78, 5) is 43.9. The Hall–Kier alpha value is -4.85. The van der Waals surface area contributed by atoms with Crippen LogP contribution in [0.2, 0.25) is 5.02 Å². The number of nitrogens with zero attached hydrogens (tertiary/aromatic N) is 5. The van der Waals surface area contributed by atoms with Crippen molar-refractivity contribution in [2.45, 2.75) is 63.4 Å². The van der Waals surface area contributed by atoms with Crippen LogP contribution in [0.4, 0.5) is 4.39 Å². The van der Waals surface area contributed by atoms with Crippen molar-refractivity contribution in [2.75, 3.05) is 19.7 Å². The average molecular weight is 702 g/mol. The van der Waals surface area contributed by atoms with E-state index >= 15 is 0 Å². The molecule has 260 valence electrons. The molecule has 2 aromatic carbocycles. The van der Waals surface area contributed by atoms with Gasteiger partial charge in [-0.1, -0.05) is 23.7 Å². The minimum absolute atomic E-state index is 0.0613. The van der Waals surface area contributed by atoms with Gasteiger partial charge in [0.05, 0.1) is 36.6 Å². The zero-order chi connectivity index (χ0) is 34.6. The van der Waals surface area contributed by atoms with E-state index in [1.165, 1.54) is 18.6 Å². The van der Waals surface area contributed by atoms with Crippen molar-refractivity contribution in [1.82, 2.24) is 34.7 Å². The fourth-order valence-corrected chi connectivity index (χ4v) is 6.61. The number of pyridine rings is 1. The van der Waals surface area contributed by atoms with Crippen molar-refractivity contribution in [3.63, 3.8) is 0 Å². The maximum atomic E-state index is 14.2. The molecule has 2 atom stereocenters. The molecule has 3 aromatic heterocycles. The monoisotopic (exact) mass is 701 g/mol. The minimum atomic E-state index is -1.13. The lowest BCUT2D eigenvalue weighted by atomic mass is 9.93. The van der Waals surface area contributed by atoms with Gasteiger partial charge in [0.25, 0.3) is 5.91 Å². The first-order valence-corrected chi connectivity index (χ1v) is 17.0. The minimum Gasteiger partial charge on any atom is -0.480 e. The summed E-state index contributed by atoms with van der Waals surface area (Å²) >= 11 is 5.87. The third kappa shape index (κ3) is 7.80. The Morgan fingerprint density at radius 2 is 1.96 bits per heavy atom. The van der Waals surface area contributed by atoms with Gasteiger partial charge in [-0.05, 0) is 68.8 Å². The van der Waals surface area contributed by atoms with E-state index in [2.05, 4.69) is 24.8 Å². The Morgan fingerprint density at radius 3 is 2.68 bits per heavy atom. The number of carboxylic acids is 1. The molecule has 50 heavy (non-hydrogen) atoms. The molecular weight excluding hydrogens is 665 g/mol. The molecule has 0 aliphatic carbocycles. The number of hydrogen-bond donors (Lipinski definition) is 3. The number of carboxylic acid groups (broad SMARTS) is 1. The molecule has 1 amide bonds. The van der Waals surface area contributed by atoms with Gasteiger partial charge in [0.2, 0.25) is 5.88 Å². The summed E-state index contributed by atoms with van der Waals surface area (Å²) in [5.74, 6) is -0.431. The van der Waals surface area contributed by atoms with Gasteiger partial charge in [-0.2, -0.15) is 0 Å². The molecule has 3 N–H and O–H groups in total. The SMILES string of the molecule is O=C(N[C@@H](Cc1cnc[nH]1)C(=O)O)c1ccc2c(c1)nc(CN1CCC(c3cccc(OCc4ccc(Cl)cc4F)n3)CC1)n2C[C@@H]1CCO1. The molecule has 2 aliphatic rings. The van der Waals surface area contributed by atoms with Gasteiger partial charge in [-0.15, -0.1) is 0 Å². The summed E-state index contributed by atoms with van der Waals surface area (Å²) < 4.78 is 28.0. The molecular formula is C36H37ClFN7O5. The van der Waals surface area contributed by atoms with Crippen LogP contribution >= 0.6 is 11.6 Å². The van der Waals surface area contributed by atoms with E-state index in [4.69, 9.17) is 31.0 Å². The van der Waals surface area contributed by atoms with Gasteiger partial charge in [-0.25, -0.2) is 24.1 Å². The lowest BCUT2D eigenvalue weighted by Crippen LogP contribution is -2.42. The molecule has 5 aromatic rings. The fourth-order valence-electron chi connectivity index (χ4n) is 6.45. The number of nitrogens with one attached hydrogen (secondary N) is 2. The average Bonchev–Trinajstić information content (AvgIpc) is 3.73. The number of likely N-dealkylation sites (tertiary alicyclic amines) is 1. The van der Waals surface area contributed by atoms with Crippen LogP contribution in [-0.4, -0.2) is 78.2 Å². The smallest absolute Gasteiger partial charge is 0.326 e. The van der Waals surface area contributed by atoms with Gasteiger partial charge in [0.1, 0.15) is 24.3 Å². The van der Waals surface area contributed by atoms with Gasteiger partial charge in [0, 0.05) is 58.7 Å². The number of carbonyl (C=O) groups is 2. The van der Waals surface area contributed by atoms with Crippen LogP contribution in [0.15, 0.2) is 67.1 Å². The molecule has 0 bridgehead atoms. The fraction of sp³-hybridized carbons (Fsp3) is 0.361. The second-order valence-corrected chi connectivity index (χ2v) is 13.2. The zero-order valence-electron chi connectivity index (χ0n) is 27.2. The molecule has 0 spiro atoms. The quantitative estimate of drug-likeness (QED) is 0.152. The Kier molecular flexibility index (Phi) is 10.1. The largest absolute Gasteiger partial charge is 0.480 e. The highest BCUT2D eigenvalue weighted by molar-refractivity contribution is 6.30. The highest BCUT2D eigenvalue weighted by Gasteiger charge is 2.27. The van der Waals surface area contributed by atoms with E-state index < -0.39 is 23.7 Å². The maximum absolute atomic E-state index is 14.2. The van der Waals surface area contributed by atoms with Crippen molar-refractivity contribution in [1.29, 1.82) is 0 Å². The Balaban J connectivity index is 1.01. The first kappa shape index (κ1) is 33.6. The molecule has 12 nitrogen and oxygen atoms in total. The van der Waals surface area contributed by atoms with Crippen LogP contribution in [0.5, 0.6) is 5.88 Å². The number of rotatable bonds is 13. The first-order chi connectivity index (χ1) is 24.3. The lowest BCUT2D eigenvalue weighted by Gasteiger charge is -2.32. The van der Waals surface area contributed by atoms with E-state index in [9.17, 15) is 19.1 Å². The van der Waals surface area contributed by atoms with Gasteiger partial charge in [0.15, 0.2) is 0 Å². The molecule has 0 saturated carbocycles. The Morgan fingerprint density at radius 1 is 1.12 bits per heavy atom. The summed E-state index contributed by atoms with van der Waals surface area (Å²) in [5.41, 5.74) is 3.88. The number of H-pyrrole nitrogens is 1. The number of aromatic amines is 1. The van der Waals surface area contributed by atoms with Crippen LogP contribution in [0.3, 0.4) is 0 Å². The zero-order valence-corrected chi connectivity index (χ0v) is 28.0. The van der Waals surface area contributed by atoms with Crippen LogP contribution < -0.4 is 10.1 Å². The van der Waals surface area contributed by atoms with Gasteiger partial charge in [-0.3, -0.25) is 9.69 Å². The van der Waals surface area contributed by atoms with Gasteiger partial charge < -0.3 is 29.4 Å². The number of fused-ring (bicyclic) bond motifs is 1. The summed E-state index contributed by atoms with van der Waals surface area (Å²) in [6, 6.07) is 14.4. The first-order valence-electron chi connectivity index (χ1n) is 16.7. The third-order valence-corrected chi connectivity index (χ3v) is 9.59. The standard InChI is InChI=1S/C36H37ClFN7O5/c37-25-6-4-24(28(38)15-25)20-50-34-3-1-2-29(42-34)22-8-11-44(12-9-22)19-33-41-30-14-23(5-7-32(30)45(33)18-27-10-13-49-27)35(46)43-31(36(47)48)16-26-17-39-21-40-26/h1-7,14-15,17,21-22,27,31H,8-13,16,18-20H2,(H,39,40)(H,43,46)(H,47,48)/t27-,31-/m0/s1. The van der Waals surface area contributed by atoms with Crippen LogP contribution in [0, 0.1) is 5.82 Å². The number of carbonyl (C=O) groups excluding carboxylic acids is 1. The second-order valence-electron chi connectivity index (χ2n) is 12.7. The molecule has 0 radical (unpaired) electrons. The number of aromatic nitrogens is 5. The summed E-state index contributed by atoms with van der Waals surface area (Å²) in [6.45, 7) is 3.78. The summed E-state index contributed by atoms with van der Waals surface area (Å²) in [6.07, 6.45) is 5.98. The van der Waals surface area contributed by atoms with Crippen LogP contribution in [0.1, 0.15) is 58.3 Å². The topological polar surface area (TPSA) is 147 Å². The normalized spacial score (nSPS) is 17.4. The number of ether oxygens (including phenoxy) is 2. The summed E-state index contributed by atoms with van der Waals surface area (Å²) in [7, 11) is 0. The van der Waals surface area contributed by atoms with E-state index in [1.54, 1.807) is 30.3 Å². The number of amides is 1. The lowest BCUT2D eigenvalue weighted by molar-refractivity contribution is -0.139. The molecule has 2 fully saturated rings. The third-order valence-electron chi connectivity index (χ3n) is 9.36. The second kappa shape index (κ2) is 15.0. The van der Waals surface area contributed by atoms with E-state index in [0.717, 1.165) is 56.0 Å². The number of imidazole rings is 2. The number of halogens is 2. The summed E-state index contributed by atoms with van der Waals surface area (Å²) in [5, 5.41) is 12.7. The predicted octanol–water partition coefficient (Wildman–Crippen LogP) is 5.12. The highest BCUT2D eigenvalue weighted by atomic mass is 35.5. The van der Waals surface area contributed by atoms with Crippen molar-refractivity contribution >= 4 is 34.5 Å². The van der Waals surface area contributed by atoms with Crippen LogP contribution in [-0.2, 0) is 35.6 Å². The Labute approximate surface area is 292 Å². The molecule has 14 heteroatoms. The van der Waals surface area contributed by atoms with Crippen LogP contribution in [0.25, 0.3) is 11.0 Å². The van der Waals surface area contributed by atoms with E-state index in [1.807, 2.05) is 18.2 Å². The predicted molar refractivity (Wildman–Crippen MR) is 183 cm³/mol. The molecule has 7 rings (SSSR count). The number of benzene rings is 2. The number of piperidine rings is 1. The number of aliphatic carboxylic acids is 1. The van der Waals surface area contributed by atoms with E-state index in [0.29, 0.717) is 46.3 Å². The van der Waals surface area contributed by atoms with E-state index in [-0.39, 0.29) is 25.0 Å². The highest BCUT2D eigenvalue weighted by Crippen LogP contribution is 2.30. The van der Waals surface area contributed by atoms with Gasteiger partial charge >= 0.3 is 5.97 Å². The van der Waals surface area contributed by atoms with Crippen molar-refractivity contribution < 1.29 is 28.6 Å². The maximum Gasteiger partial charge on any atom is 0.326 e. The van der Waals surface area contributed by atoms with Crippen molar-refractivity contribution in [3.05, 3.63) is 106 Å². The molecule has 2 saturated heterocycles. The molecule has 2 aliphatic heterocycles. The number of hydrogen-bond acceptors (Lipinski definition) is 8. The molecule has 0 unspecified atom stereocenters. The van der Waals surface area contributed by atoms with Crippen molar-refractivity contribution in [2.24, 2.45) is 0 Å².